The Morgan fingerprint density at radius 2 is 2.03 bits per heavy atom. The van der Waals surface area contributed by atoms with Crippen LogP contribution in [-0.2, 0) is 9.53 Å². The predicted octanol–water partition coefficient (Wildman–Crippen LogP) is 2.97. The Balaban J connectivity index is 1.74. The van der Waals surface area contributed by atoms with Crippen LogP contribution in [0.25, 0.3) is 11.0 Å². The molecule has 2 aromatic rings. The quantitative estimate of drug-likeness (QED) is 0.572. The van der Waals surface area contributed by atoms with Gasteiger partial charge >= 0.3 is 11.7 Å². The topological polar surface area (TPSA) is 91.2 Å². The van der Waals surface area contributed by atoms with Gasteiger partial charge in [-0.3, -0.25) is 14.9 Å². The number of nitrogens with one attached hydrogen (secondary N) is 2. The second-order valence-electron chi connectivity index (χ2n) is 8.19. The van der Waals surface area contributed by atoms with Gasteiger partial charge in [-0.1, -0.05) is 6.07 Å². The van der Waals surface area contributed by atoms with Crippen molar-refractivity contribution in [2.24, 2.45) is 0 Å². The van der Waals surface area contributed by atoms with Gasteiger partial charge in [-0.2, -0.15) is 0 Å². The van der Waals surface area contributed by atoms with Crippen LogP contribution < -0.4 is 5.69 Å². The van der Waals surface area contributed by atoms with E-state index in [9.17, 15) is 14.0 Å². The monoisotopic (exact) mass is 404 g/mol. The van der Waals surface area contributed by atoms with Gasteiger partial charge in [0.15, 0.2) is 11.9 Å². The molecule has 1 saturated heterocycles. The number of nitrogens with zero attached hydrogens (tertiary/aromatic N) is 2. The molecular weight excluding hydrogens is 375 g/mol. The molecule has 0 bridgehead atoms. The number of piperidine rings is 1. The molecule has 158 valence electrons. The average molecular weight is 404 g/mol. The van der Waals surface area contributed by atoms with Gasteiger partial charge in [-0.25, -0.2) is 14.0 Å². The minimum atomic E-state index is -1.75. The minimum absolute atomic E-state index is 0.0210. The number of carbonyl (C=O) groups excluding carboxylic acids is 1. The van der Waals surface area contributed by atoms with E-state index >= 15 is 0 Å². The Bertz CT molecular complexity index is 970. The van der Waals surface area contributed by atoms with Crippen LogP contribution >= 0.6 is 0 Å². The molecule has 1 aromatic carbocycles. The summed E-state index contributed by atoms with van der Waals surface area (Å²) in [7, 11) is 0. The molecule has 3 rings (SSSR count). The van der Waals surface area contributed by atoms with E-state index in [4.69, 9.17) is 10.1 Å². The highest BCUT2D eigenvalue weighted by Gasteiger charge is 2.42. The molecule has 0 aliphatic carbocycles. The third-order valence-corrected chi connectivity index (χ3v) is 5.89. The Hall–Kier alpha value is -2.48. The summed E-state index contributed by atoms with van der Waals surface area (Å²) in [6.45, 7) is 8.27. The maximum atomic E-state index is 15.0. The number of aromatic amines is 1. The number of H-pyrrole nitrogens is 1. The van der Waals surface area contributed by atoms with Gasteiger partial charge in [0, 0.05) is 19.1 Å². The van der Waals surface area contributed by atoms with Crippen LogP contribution in [-0.4, -0.2) is 57.5 Å². The van der Waals surface area contributed by atoms with Crippen molar-refractivity contribution in [3.63, 3.8) is 0 Å². The molecule has 7 nitrogen and oxygen atoms in total. The molecule has 0 amide bonds. The first kappa shape index (κ1) is 21.2. The Labute approximate surface area is 169 Å². The molecule has 1 unspecified atom stereocenters. The molecule has 0 spiro atoms. The number of aromatic nitrogens is 2. The largest absolute Gasteiger partial charge is 0.461 e. The highest BCUT2D eigenvalue weighted by molar-refractivity contribution is 6.37. The molecule has 0 radical (unpaired) electrons. The van der Waals surface area contributed by atoms with E-state index in [1.54, 1.807) is 25.3 Å². The van der Waals surface area contributed by atoms with Crippen molar-refractivity contribution in [1.82, 2.24) is 14.5 Å². The summed E-state index contributed by atoms with van der Waals surface area (Å²) in [5, 5.41) is 7.84. The SMILES string of the molecule is CCOC(=O)C(=N)C(F)C(C)(C)N1CCC(n2c(=O)[nH]c3ccc(C)cc32)CC1. The average Bonchev–Trinajstić information content (AvgIpc) is 3.02. The first-order valence-corrected chi connectivity index (χ1v) is 10.0. The fraction of sp³-hybridized carbons (Fsp3) is 0.571. The minimum Gasteiger partial charge on any atom is -0.461 e. The number of fused-ring (bicyclic) bond motifs is 1. The van der Waals surface area contributed by atoms with Gasteiger partial charge in [-0.15, -0.1) is 0 Å². The number of likely N-dealkylation sites (tertiary alicyclic amines) is 1. The normalized spacial score (nSPS) is 17.4. The van der Waals surface area contributed by atoms with Gasteiger partial charge in [-0.05, 0) is 58.2 Å². The molecule has 2 heterocycles. The lowest BCUT2D eigenvalue weighted by molar-refractivity contribution is -0.135. The molecule has 1 atom stereocenters. The van der Waals surface area contributed by atoms with Crippen LogP contribution in [0.15, 0.2) is 23.0 Å². The lowest BCUT2D eigenvalue weighted by Crippen LogP contribution is -2.57. The number of alkyl halides is 1. The van der Waals surface area contributed by atoms with Gasteiger partial charge in [0.05, 0.1) is 23.2 Å². The van der Waals surface area contributed by atoms with Gasteiger partial charge in [0.25, 0.3) is 0 Å². The van der Waals surface area contributed by atoms with Crippen molar-refractivity contribution in [3.8, 4) is 0 Å². The molecular formula is C21H29FN4O3. The van der Waals surface area contributed by atoms with Crippen LogP contribution in [0.5, 0.6) is 0 Å². The fourth-order valence-corrected chi connectivity index (χ4v) is 4.12. The lowest BCUT2D eigenvalue weighted by Gasteiger charge is -2.44. The third-order valence-electron chi connectivity index (χ3n) is 5.89. The molecule has 2 N–H and O–H groups in total. The zero-order valence-electron chi connectivity index (χ0n) is 17.4. The van der Waals surface area contributed by atoms with Crippen molar-refractivity contribution in [2.45, 2.75) is 58.3 Å². The summed E-state index contributed by atoms with van der Waals surface area (Å²) in [5.41, 5.74) is 0.992. The molecule has 1 aromatic heterocycles. The van der Waals surface area contributed by atoms with E-state index in [-0.39, 0.29) is 18.3 Å². The first-order chi connectivity index (χ1) is 13.7. The van der Waals surface area contributed by atoms with Crippen LogP contribution in [0, 0.1) is 12.3 Å². The van der Waals surface area contributed by atoms with E-state index in [1.807, 2.05) is 30.0 Å². The molecule has 8 heteroatoms. The summed E-state index contributed by atoms with van der Waals surface area (Å²) in [5.74, 6) is -0.913. The fourth-order valence-electron chi connectivity index (χ4n) is 4.12. The van der Waals surface area contributed by atoms with Crippen LogP contribution in [0.4, 0.5) is 4.39 Å². The van der Waals surface area contributed by atoms with E-state index < -0.39 is 23.4 Å². The standard InChI is InChI=1S/C21H29FN4O3/c1-5-29-19(27)17(23)18(22)21(3,4)25-10-8-14(9-11-25)26-16-12-13(2)6-7-15(16)24-20(26)28/h6-7,12,14,18,23H,5,8-11H2,1-4H3,(H,24,28). The number of hydrogen-bond donors (Lipinski definition) is 2. The second kappa shape index (κ2) is 8.10. The summed E-state index contributed by atoms with van der Waals surface area (Å²) in [4.78, 5) is 29.1. The summed E-state index contributed by atoms with van der Waals surface area (Å²) < 4.78 is 21.6. The Kier molecular flexibility index (Phi) is 5.93. The number of halogens is 1. The number of imidazole rings is 1. The van der Waals surface area contributed by atoms with Gasteiger partial charge < -0.3 is 9.72 Å². The highest BCUT2D eigenvalue weighted by Crippen LogP contribution is 2.31. The van der Waals surface area contributed by atoms with E-state index in [1.165, 1.54) is 0 Å². The first-order valence-electron chi connectivity index (χ1n) is 10.0. The Morgan fingerprint density at radius 3 is 2.66 bits per heavy atom. The van der Waals surface area contributed by atoms with Crippen LogP contribution in [0.2, 0.25) is 0 Å². The third kappa shape index (κ3) is 3.99. The summed E-state index contributed by atoms with van der Waals surface area (Å²) in [6.07, 6.45) is -0.385. The number of rotatable bonds is 6. The van der Waals surface area contributed by atoms with Crippen molar-refractivity contribution in [3.05, 3.63) is 34.2 Å². The van der Waals surface area contributed by atoms with Crippen molar-refractivity contribution in [2.75, 3.05) is 19.7 Å². The number of esters is 1. The molecule has 29 heavy (non-hydrogen) atoms. The Morgan fingerprint density at radius 1 is 1.38 bits per heavy atom. The van der Waals surface area contributed by atoms with E-state index in [0.717, 1.165) is 16.6 Å². The van der Waals surface area contributed by atoms with Crippen molar-refractivity contribution < 1.29 is 13.9 Å². The summed E-state index contributed by atoms with van der Waals surface area (Å²) in [6, 6.07) is 5.90. The molecule has 1 fully saturated rings. The lowest BCUT2D eigenvalue weighted by atomic mass is 9.89. The maximum absolute atomic E-state index is 15.0. The highest BCUT2D eigenvalue weighted by atomic mass is 19.1. The van der Waals surface area contributed by atoms with E-state index in [2.05, 4.69) is 4.98 Å². The van der Waals surface area contributed by atoms with Crippen LogP contribution in [0.1, 0.15) is 45.2 Å². The second-order valence-corrected chi connectivity index (χ2v) is 8.19. The number of benzene rings is 1. The molecule has 1 aliphatic rings. The zero-order valence-corrected chi connectivity index (χ0v) is 17.4. The van der Waals surface area contributed by atoms with Crippen molar-refractivity contribution >= 4 is 22.7 Å². The smallest absolute Gasteiger partial charge is 0.355 e. The number of aryl methyl sites for hydroxylation is 1. The zero-order chi connectivity index (χ0) is 21.3. The van der Waals surface area contributed by atoms with Crippen LogP contribution in [0.3, 0.4) is 0 Å². The van der Waals surface area contributed by atoms with Crippen molar-refractivity contribution in [1.29, 1.82) is 5.41 Å². The van der Waals surface area contributed by atoms with Gasteiger partial charge in [0.2, 0.25) is 0 Å². The molecule has 1 aliphatic heterocycles. The maximum Gasteiger partial charge on any atom is 0.355 e. The predicted molar refractivity (Wildman–Crippen MR) is 110 cm³/mol. The van der Waals surface area contributed by atoms with Gasteiger partial charge in [0.1, 0.15) is 0 Å². The number of ether oxygens (including phenoxy) is 1. The number of carbonyl (C=O) groups is 1. The summed E-state index contributed by atoms with van der Waals surface area (Å²) >= 11 is 0. The van der Waals surface area contributed by atoms with E-state index in [0.29, 0.717) is 25.9 Å². The molecule has 0 saturated carbocycles. The number of hydrogen-bond acceptors (Lipinski definition) is 5.